The summed E-state index contributed by atoms with van der Waals surface area (Å²) in [5.74, 6) is 0.505. The van der Waals surface area contributed by atoms with Crippen molar-refractivity contribution in [3.05, 3.63) is 82.9 Å². The van der Waals surface area contributed by atoms with Crippen molar-refractivity contribution in [1.29, 1.82) is 0 Å². The van der Waals surface area contributed by atoms with Gasteiger partial charge < -0.3 is 21.1 Å². The lowest BCUT2D eigenvalue weighted by Crippen LogP contribution is -2.19. The van der Waals surface area contributed by atoms with Crippen molar-refractivity contribution in [3.8, 4) is 11.5 Å². The Kier molecular flexibility index (Phi) is 5.81. The van der Waals surface area contributed by atoms with Gasteiger partial charge in [0.2, 0.25) is 0 Å². The molecule has 0 heterocycles. The van der Waals surface area contributed by atoms with Crippen LogP contribution in [0.2, 0.25) is 5.02 Å². The maximum Gasteiger partial charge on any atom is 0.255 e. The first-order chi connectivity index (χ1) is 13.5. The first kappa shape index (κ1) is 19.3. The van der Waals surface area contributed by atoms with Gasteiger partial charge in [-0.2, -0.15) is 0 Å². The predicted molar refractivity (Wildman–Crippen MR) is 110 cm³/mol. The lowest BCUT2D eigenvalue weighted by Gasteiger charge is -2.10. The monoisotopic (exact) mass is 395 g/mol. The van der Waals surface area contributed by atoms with E-state index >= 15 is 0 Å². The lowest BCUT2D eigenvalue weighted by atomic mass is 10.1. The molecule has 0 aromatic heterocycles. The Morgan fingerprint density at radius 3 is 2.18 bits per heavy atom. The summed E-state index contributed by atoms with van der Waals surface area (Å²) in [6, 6.07) is 18.4. The van der Waals surface area contributed by atoms with Gasteiger partial charge in [0.1, 0.15) is 11.5 Å². The summed E-state index contributed by atoms with van der Waals surface area (Å²) in [5, 5.41) is 5.90. The van der Waals surface area contributed by atoms with E-state index in [1.807, 2.05) is 0 Å². The van der Waals surface area contributed by atoms with Crippen molar-refractivity contribution in [2.24, 2.45) is 0 Å². The summed E-state index contributed by atoms with van der Waals surface area (Å²) in [6.07, 6.45) is 0. The van der Waals surface area contributed by atoms with Crippen molar-refractivity contribution in [2.45, 2.75) is 0 Å². The molecule has 4 N–H and O–H groups in total. The minimum atomic E-state index is -0.289. The molecule has 3 aromatic rings. The third kappa shape index (κ3) is 4.61. The number of nitrogens with two attached hydrogens (primary N) is 1. The van der Waals surface area contributed by atoms with E-state index in [9.17, 15) is 9.59 Å². The van der Waals surface area contributed by atoms with E-state index in [-0.39, 0.29) is 11.8 Å². The number of carbonyl (C=O) groups is 2. The normalized spacial score (nSPS) is 10.2. The van der Waals surface area contributed by atoms with Crippen molar-refractivity contribution < 1.29 is 14.3 Å². The molecule has 0 fully saturated rings. The topological polar surface area (TPSA) is 93.5 Å². The first-order valence-corrected chi connectivity index (χ1v) is 8.80. The molecule has 0 aliphatic rings. The summed E-state index contributed by atoms with van der Waals surface area (Å²) < 4.78 is 5.76. The standard InChI is InChI=1S/C21H18ClN3O3/c1-24-21(27)18-12-17(10-11-19(18)23)28-16-8-6-15(7-9-16)25-20(26)13-2-4-14(22)5-3-13/h2-12H,23H2,1H3,(H,24,27)(H,25,26). The number of nitrogen functional groups attached to an aromatic ring is 1. The number of ether oxygens (including phenoxy) is 1. The molecule has 6 nitrogen and oxygen atoms in total. The molecular formula is C21H18ClN3O3. The van der Waals surface area contributed by atoms with E-state index in [0.29, 0.717) is 39.0 Å². The van der Waals surface area contributed by atoms with E-state index < -0.39 is 0 Å². The average Bonchev–Trinajstić information content (AvgIpc) is 2.70. The fourth-order valence-electron chi connectivity index (χ4n) is 2.48. The molecule has 142 valence electrons. The van der Waals surface area contributed by atoms with E-state index in [1.54, 1.807) is 66.7 Å². The van der Waals surface area contributed by atoms with Gasteiger partial charge in [-0.15, -0.1) is 0 Å². The number of anilines is 2. The molecule has 0 aliphatic carbocycles. The van der Waals surface area contributed by atoms with Crippen molar-refractivity contribution in [1.82, 2.24) is 5.32 Å². The molecule has 0 radical (unpaired) electrons. The van der Waals surface area contributed by atoms with Gasteiger partial charge in [-0.1, -0.05) is 11.6 Å². The van der Waals surface area contributed by atoms with Crippen LogP contribution in [0.5, 0.6) is 11.5 Å². The van der Waals surface area contributed by atoms with Crippen LogP contribution in [0.15, 0.2) is 66.7 Å². The molecule has 0 spiro atoms. The van der Waals surface area contributed by atoms with Crippen LogP contribution in [0.4, 0.5) is 11.4 Å². The largest absolute Gasteiger partial charge is 0.457 e. The Hall–Kier alpha value is -3.51. The molecular weight excluding hydrogens is 378 g/mol. The zero-order valence-corrected chi connectivity index (χ0v) is 15.8. The van der Waals surface area contributed by atoms with Gasteiger partial charge in [0.15, 0.2) is 0 Å². The van der Waals surface area contributed by atoms with Gasteiger partial charge in [-0.25, -0.2) is 0 Å². The summed E-state index contributed by atoms with van der Waals surface area (Å²) >= 11 is 5.83. The summed E-state index contributed by atoms with van der Waals surface area (Å²) in [4.78, 5) is 24.1. The molecule has 0 unspecified atom stereocenters. The Bertz CT molecular complexity index is 1000. The van der Waals surface area contributed by atoms with Crippen LogP contribution in [-0.4, -0.2) is 18.9 Å². The molecule has 3 aromatic carbocycles. The third-order valence-electron chi connectivity index (χ3n) is 3.95. The molecule has 0 saturated carbocycles. The molecule has 7 heteroatoms. The van der Waals surface area contributed by atoms with Crippen LogP contribution in [0.1, 0.15) is 20.7 Å². The Balaban J connectivity index is 1.68. The Labute approximate surface area is 167 Å². The Morgan fingerprint density at radius 2 is 1.54 bits per heavy atom. The van der Waals surface area contributed by atoms with Crippen LogP contribution >= 0.6 is 11.6 Å². The van der Waals surface area contributed by atoms with Crippen LogP contribution in [0.3, 0.4) is 0 Å². The number of nitrogens with one attached hydrogen (secondary N) is 2. The van der Waals surface area contributed by atoms with E-state index in [2.05, 4.69) is 10.6 Å². The molecule has 2 amide bonds. The minimum Gasteiger partial charge on any atom is -0.457 e. The number of benzene rings is 3. The average molecular weight is 396 g/mol. The van der Waals surface area contributed by atoms with E-state index in [0.717, 1.165) is 0 Å². The molecule has 0 bridgehead atoms. The molecule has 0 aliphatic heterocycles. The van der Waals surface area contributed by atoms with Crippen molar-refractivity contribution >= 4 is 34.8 Å². The van der Waals surface area contributed by atoms with Gasteiger partial charge in [0.05, 0.1) is 5.56 Å². The third-order valence-corrected chi connectivity index (χ3v) is 4.20. The van der Waals surface area contributed by atoms with Gasteiger partial charge in [0.25, 0.3) is 11.8 Å². The highest BCUT2D eigenvalue weighted by atomic mass is 35.5. The second-order valence-corrected chi connectivity index (χ2v) is 6.35. The predicted octanol–water partition coefficient (Wildman–Crippen LogP) is 4.33. The first-order valence-electron chi connectivity index (χ1n) is 8.42. The lowest BCUT2D eigenvalue weighted by molar-refractivity contribution is 0.0962. The maximum atomic E-state index is 12.2. The van der Waals surface area contributed by atoms with E-state index in [4.69, 9.17) is 22.1 Å². The minimum absolute atomic E-state index is 0.237. The summed E-state index contributed by atoms with van der Waals surface area (Å²) in [5.41, 5.74) is 7.65. The van der Waals surface area contributed by atoms with Gasteiger partial charge in [-0.05, 0) is 66.7 Å². The van der Waals surface area contributed by atoms with Crippen LogP contribution in [0.25, 0.3) is 0 Å². The fraction of sp³-hybridized carbons (Fsp3) is 0.0476. The zero-order valence-electron chi connectivity index (χ0n) is 15.0. The number of carbonyl (C=O) groups excluding carboxylic acids is 2. The molecule has 0 saturated heterocycles. The number of amides is 2. The summed E-state index contributed by atoms with van der Waals surface area (Å²) in [7, 11) is 1.53. The van der Waals surface area contributed by atoms with Crippen molar-refractivity contribution in [3.63, 3.8) is 0 Å². The van der Waals surface area contributed by atoms with Crippen molar-refractivity contribution in [2.75, 3.05) is 18.1 Å². The maximum absolute atomic E-state index is 12.2. The highest BCUT2D eigenvalue weighted by Crippen LogP contribution is 2.26. The summed E-state index contributed by atoms with van der Waals surface area (Å²) in [6.45, 7) is 0. The molecule has 28 heavy (non-hydrogen) atoms. The molecule has 0 atom stereocenters. The second-order valence-electron chi connectivity index (χ2n) is 5.92. The van der Waals surface area contributed by atoms with Gasteiger partial charge in [-0.3, -0.25) is 9.59 Å². The Morgan fingerprint density at radius 1 is 0.893 bits per heavy atom. The molecule has 3 rings (SSSR count). The number of rotatable bonds is 5. The van der Waals surface area contributed by atoms with Crippen LogP contribution in [0, 0.1) is 0 Å². The quantitative estimate of drug-likeness (QED) is 0.560. The number of hydrogen-bond acceptors (Lipinski definition) is 4. The highest BCUT2D eigenvalue weighted by Gasteiger charge is 2.10. The van der Waals surface area contributed by atoms with Crippen LogP contribution < -0.4 is 21.1 Å². The number of hydrogen-bond donors (Lipinski definition) is 3. The van der Waals surface area contributed by atoms with Gasteiger partial charge in [0, 0.05) is 29.0 Å². The zero-order chi connectivity index (χ0) is 20.1. The number of halogens is 1. The second kappa shape index (κ2) is 8.45. The van der Waals surface area contributed by atoms with E-state index in [1.165, 1.54) is 7.05 Å². The van der Waals surface area contributed by atoms with Crippen LogP contribution in [-0.2, 0) is 0 Å². The SMILES string of the molecule is CNC(=O)c1cc(Oc2ccc(NC(=O)c3ccc(Cl)cc3)cc2)ccc1N. The highest BCUT2D eigenvalue weighted by molar-refractivity contribution is 6.30. The van der Waals surface area contributed by atoms with Gasteiger partial charge >= 0.3 is 0 Å². The fourth-order valence-corrected chi connectivity index (χ4v) is 2.60. The smallest absolute Gasteiger partial charge is 0.255 e.